The van der Waals surface area contributed by atoms with Gasteiger partial charge < -0.3 is 19.9 Å². The Morgan fingerprint density at radius 3 is 2.79 bits per heavy atom. The fourth-order valence-corrected chi connectivity index (χ4v) is 4.10. The highest BCUT2D eigenvalue weighted by molar-refractivity contribution is 5.88. The predicted molar refractivity (Wildman–Crippen MR) is 130 cm³/mol. The molecule has 174 valence electrons. The van der Waals surface area contributed by atoms with E-state index in [2.05, 4.69) is 15.6 Å². The number of rotatable bonds is 8. The Hall–Kier alpha value is -3.82. The van der Waals surface area contributed by atoms with Crippen LogP contribution in [0.4, 0.5) is 5.82 Å². The van der Waals surface area contributed by atoms with Crippen molar-refractivity contribution in [1.82, 2.24) is 30.2 Å². The van der Waals surface area contributed by atoms with E-state index in [4.69, 9.17) is 9.97 Å². The molecule has 1 aliphatic rings. The lowest BCUT2D eigenvalue weighted by Crippen LogP contribution is -2.48. The molecule has 0 bridgehead atoms. The summed E-state index contributed by atoms with van der Waals surface area (Å²) in [4.78, 5) is 27.9. The number of aryl methyl sites for hydroxylation is 1. The molecule has 34 heavy (non-hydrogen) atoms. The van der Waals surface area contributed by atoms with Crippen molar-refractivity contribution in [2.75, 3.05) is 31.1 Å². The van der Waals surface area contributed by atoms with Gasteiger partial charge in [-0.3, -0.25) is 10.1 Å². The monoisotopic (exact) mass is 457 g/mol. The van der Waals surface area contributed by atoms with Crippen molar-refractivity contribution in [3.63, 3.8) is 0 Å². The Bertz CT molecular complexity index is 1260. The summed E-state index contributed by atoms with van der Waals surface area (Å²) in [5.41, 5.74) is 3.83. The third kappa shape index (κ3) is 4.90. The summed E-state index contributed by atoms with van der Waals surface area (Å²) in [6, 6.07) is 15.5. The highest BCUT2D eigenvalue weighted by Crippen LogP contribution is 2.30. The van der Waals surface area contributed by atoms with E-state index < -0.39 is 6.23 Å². The fourth-order valence-electron chi connectivity index (χ4n) is 4.10. The number of piperazine rings is 1. The molecule has 9 heteroatoms. The average Bonchev–Trinajstić information content (AvgIpc) is 3.39. The zero-order valence-corrected chi connectivity index (χ0v) is 18.8. The number of carbonyl (C=O) groups is 1. The van der Waals surface area contributed by atoms with Crippen molar-refractivity contribution in [2.24, 2.45) is 0 Å². The van der Waals surface area contributed by atoms with E-state index in [-0.39, 0.29) is 12.5 Å². The number of benzene rings is 2. The van der Waals surface area contributed by atoms with E-state index >= 15 is 0 Å². The third-order valence-corrected chi connectivity index (χ3v) is 5.86. The Morgan fingerprint density at radius 2 is 2.00 bits per heavy atom. The number of anilines is 1. The molecule has 0 aliphatic carbocycles. The van der Waals surface area contributed by atoms with E-state index in [0.29, 0.717) is 31.0 Å². The van der Waals surface area contributed by atoms with Crippen LogP contribution in [0.15, 0.2) is 67.3 Å². The summed E-state index contributed by atoms with van der Waals surface area (Å²) in [5, 5.41) is 16.7. The molecule has 1 unspecified atom stereocenters. The Labute approximate surface area is 197 Å². The Morgan fingerprint density at radius 1 is 1.12 bits per heavy atom. The zero-order valence-electron chi connectivity index (χ0n) is 18.8. The van der Waals surface area contributed by atoms with Crippen LogP contribution in [0.1, 0.15) is 18.2 Å². The molecule has 5 rings (SSSR count). The maximum atomic E-state index is 12.1. The number of amides is 1. The van der Waals surface area contributed by atoms with E-state index in [1.807, 2.05) is 64.2 Å². The second-order valence-corrected chi connectivity index (χ2v) is 8.29. The number of imidazole rings is 1. The maximum Gasteiger partial charge on any atom is 0.239 e. The molecule has 0 saturated carbocycles. The molecule has 1 atom stereocenters. The second-order valence-electron chi connectivity index (χ2n) is 8.29. The first-order valence-electron chi connectivity index (χ1n) is 11.4. The number of nitrogens with zero attached hydrogens (tertiary/aromatic N) is 5. The molecule has 1 saturated heterocycles. The van der Waals surface area contributed by atoms with Crippen LogP contribution in [0.25, 0.3) is 22.3 Å². The highest BCUT2D eigenvalue weighted by atomic mass is 16.3. The first-order valence-corrected chi connectivity index (χ1v) is 11.4. The van der Waals surface area contributed by atoms with Gasteiger partial charge in [0, 0.05) is 37.6 Å². The van der Waals surface area contributed by atoms with Gasteiger partial charge in [0.2, 0.25) is 5.91 Å². The van der Waals surface area contributed by atoms with Crippen molar-refractivity contribution in [3.8, 4) is 11.3 Å². The van der Waals surface area contributed by atoms with Crippen LogP contribution in [0.5, 0.6) is 0 Å². The Kier molecular flexibility index (Phi) is 6.46. The number of carbonyl (C=O) groups excluding carboxylic acids is 1. The molecule has 9 nitrogen and oxygen atoms in total. The van der Waals surface area contributed by atoms with Crippen LogP contribution < -0.4 is 15.5 Å². The summed E-state index contributed by atoms with van der Waals surface area (Å²) < 4.78 is 2.01. The van der Waals surface area contributed by atoms with E-state index in [0.717, 1.165) is 35.3 Å². The topological polar surface area (TPSA) is 108 Å². The fraction of sp³-hybridized carbons (Fsp3) is 0.280. The third-order valence-electron chi connectivity index (χ3n) is 5.86. The van der Waals surface area contributed by atoms with Crippen molar-refractivity contribution in [3.05, 3.63) is 72.8 Å². The number of hydrogen-bond donors (Lipinski definition) is 3. The summed E-state index contributed by atoms with van der Waals surface area (Å²) in [6.45, 7) is 2.95. The molecule has 2 aromatic carbocycles. The van der Waals surface area contributed by atoms with Gasteiger partial charge in [-0.15, -0.1) is 0 Å². The molecule has 1 aliphatic heterocycles. The predicted octanol–water partition coefficient (Wildman–Crippen LogP) is 2.10. The molecule has 1 amide bonds. The van der Waals surface area contributed by atoms with Crippen LogP contribution in [0.2, 0.25) is 0 Å². The number of aliphatic hydroxyl groups excluding tert-OH is 1. The van der Waals surface area contributed by atoms with E-state index in [1.54, 1.807) is 12.5 Å². The quantitative estimate of drug-likeness (QED) is 0.275. The smallest absolute Gasteiger partial charge is 0.239 e. The molecule has 1 fully saturated rings. The van der Waals surface area contributed by atoms with Gasteiger partial charge in [0.05, 0.1) is 23.9 Å². The van der Waals surface area contributed by atoms with Gasteiger partial charge >= 0.3 is 0 Å². The van der Waals surface area contributed by atoms with Gasteiger partial charge in [0.15, 0.2) is 5.82 Å². The largest absolute Gasteiger partial charge is 0.374 e. The lowest BCUT2D eigenvalue weighted by Gasteiger charge is -2.29. The zero-order chi connectivity index (χ0) is 23.3. The van der Waals surface area contributed by atoms with E-state index in [1.165, 1.54) is 0 Å². The van der Waals surface area contributed by atoms with Crippen molar-refractivity contribution >= 4 is 22.8 Å². The van der Waals surface area contributed by atoms with Gasteiger partial charge in [-0.05, 0) is 30.7 Å². The second kappa shape index (κ2) is 9.98. The number of hydrogen-bond acceptors (Lipinski definition) is 7. The number of aromatic nitrogens is 4. The minimum Gasteiger partial charge on any atom is -0.374 e. The van der Waals surface area contributed by atoms with Crippen LogP contribution in [0, 0.1) is 0 Å². The minimum atomic E-state index is -0.813. The SMILES string of the molecule is O=C1CN(c2nc3cc(C(O)NCCCn4ccnc4)ccc3nc2-c2ccccc2)CCN1. The van der Waals surface area contributed by atoms with Gasteiger partial charge in [-0.2, -0.15) is 0 Å². The van der Waals surface area contributed by atoms with Crippen LogP contribution >= 0.6 is 0 Å². The molecule has 4 aromatic rings. The molecule has 0 spiro atoms. The van der Waals surface area contributed by atoms with Crippen LogP contribution in [-0.2, 0) is 11.3 Å². The average molecular weight is 458 g/mol. The number of aliphatic hydroxyl groups is 1. The lowest BCUT2D eigenvalue weighted by atomic mass is 10.1. The minimum absolute atomic E-state index is 0.0313. The summed E-state index contributed by atoms with van der Waals surface area (Å²) in [7, 11) is 0. The summed E-state index contributed by atoms with van der Waals surface area (Å²) >= 11 is 0. The standard InChI is InChI=1S/C25H27N7O2/c33-22-16-32(14-11-27-22)24-23(18-5-2-1-3-6-18)29-20-8-7-19(15-21(20)30-24)25(34)28-9-4-12-31-13-10-26-17-31/h1-3,5-8,10,13,15,17,25,28,34H,4,9,11-12,14,16H2,(H,27,33). The first kappa shape index (κ1) is 22.0. The van der Waals surface area contributed by atoms with Gasteiger partial charge in [0.25, 0.3) is 0 Å². The maximum absolute atomic E-state index is 12.1. The van der Waals surface area contributed by atoms with Crippen molar-refractivity contribution in [2.45, 2.75) is 19.2 Å². The first-order chi connectivity index (χ1) is 16.7. The van der Waals surface area contributed by atoms with Crippen molar-refractivity contribution < 1.29 is 9.90 Å². The van der Waals surface area contributed by atoms with Crippen LogP contribution in [0.3, 0.4) is 0 Å². The molecule has 3 heterocycles. The summed E-state index contributed by atoms with van der Waals surface area (Å²) in [6.07, 6.45) is 5.51. The normalized spacial score (nSPS) is 14.9. The van der Waals surface area contributed by atoms with Gasteiger partial charge in [-0.25, -0.2) is 15.0 Å². The Balaban J connectivity index is 1.40. The molecular formula is C25H27N7O2. The van der Waals surface area contributed by atoms with Crippen molar-refractivity contribution in [1.29, 1.82) is 0 Å². The van der Waals surface area contributed by atoms with Gasteiger partial charge in [-0.1, -0.05) is 36.4 Å². The summed E-state index contributed by atoms with van der Waals surface area (Å²) in [5.74, 6) is 0.643. The molecule has 3 N–H and O–H groups in total. The van der Waals surface area contributed by atoms with Crippen LogP contribution in [-0.4, -0.2) is 56.7 Å². The highest BCUT2D eigenvalue weighted by Gasteiger charge is 2.23. The molecule has 2 aromatic heterocycles. The number of nitrogens with one attached hydrogen (secondary N) is 2. The molecular weight excluding hydrogens is 430 g/mol. The lowest BCUT2D eigenvalue weighted by molar-refractivity contribution is -0.120. The molecule has 0 radical (unpaired) electrons. The number of fused-ring (bicyclic) bond motifs is 1. The van der Waals surface area contributed by atoms with E-state index in [9.17, 15) is 9.90 Å². The van der Waals surface area contributed by atoms with Gasteiger partial charge in [0.1, 0.15) is 11.9 Å².